The maximum atomic E-state index is 10.7. The maximum Gasteiger partial charge on any atom is 0.240 e. The lowest BCUT2D eigenvalue weighted by Crippen LogP contribution is -2.39. The molecule has 0 aliphatic heterocycles. The summed E-state index contributed by atoms with van der Waals surface area (Å²) in [6.07, 6.45) is 1.55. The van der Waals surface area contributed by atoms with Crippen molar-refractivity contribution in [3.63, 3.8) is 0 Å². The highest BCUT2D eigenvalue weighted by Gasteiger charge is 2.07. The van der Waals surface area contributed by atoms with Gasteiger partial charge in [0.1, 0.15) is 6.04 Å². The Balaban J connectivity index is 3.78. The van der Waals surface area contributed by atoms with Crippen molar-refractivity contribution in [2.24, 2.45) is 0 Å². The Hall–Kier alpha value is -0.830. The molecule has 1 amide bonds. The van der Waals surface area contributed by atoms with E-state index in [1.165, 1.54) is 0 Å². The van der Waals surface area contributed by atoms with Crippen LogP contribution in [0.4, 0.5) is 0 Å². The normalized spacial score (nSPS) is 12.2. The van der Waals surface area contributed by atoms with Crippen LogP contribution >= 0.6 is 0 Å². The lowest BCUT2D eigenvalue weighted by atomic mass is 10.3. The van der Waals surface area contributed by atoms with Crippen molar-refractivity contribution in [1.29, 1.82) is 0 Å². The van der Waals surface area contributed by atoms with Gasteiger partial charge in [0.05, 0.1) is 0 Å². The highest BCUT2D eigenvalue weighted by Crippen LogP contribution is 1.80. The van der Waals surface area contributed by atoms with Crippen LogP contribution in [0.1, 0.15) is 0 Å². The first-order valence-corrected chi connectivity index (χ1v) is 2.77. The van der Waals surface area contributed by atoms with E-state index in [9.17, 15) is 4.79 Å². The second-order valence-electron chi connectivity index (χ2n) is 1.62. The highest BCUT2D eigenvalue weighted by molar-refractivity contribution is 5.83. The zero-order valence-corrected chi connectivity index (χ0v) is 5.77. The van der Waals surface area contributed by atoms with Crippen LogP contribution in [0.2, 0.25) is 0 Å². The van der Waals surface area contributed by atoms with Gasteiger partial charge in [0.2, 0.25) is 5.91 Å². The molecule has 9 heavy (non-hydrogen) atoms. The molecule has 0 bridgehead atoms. The number of nitrogens with one attached hydrogen (secondary N) is 2. The Kier molecular flexibility index (Phi) is 3.71. The van der Waals surface area contributed by atoms with Gasteiger partial charge in [0, 0.05) is 7.05 Å². The van der Waals surface area contributed by atoms with E-state index < -0.39 is 0 Å². The van der Waals surface area contributed by atoms with Gasteiger partial charge >= 0.3 is 0 Å². The first kappa shape index (κ1) is 8.17. The first-order valence-electron chi connectivity index (χ1n) is 2.77. The van der Waals surface area contributed by atoms with Gasteiger partial charge in [-0.25, -0.2) is 0 Å². The summed E-state index contributed by atoms with van der Waals surface area (Å²) in [6, 6.07) is -0.269. The van der Waals surface area contributed by atoms with Crippen LogP contribution in [0, 0.1) is 0 Å². The van der Waals surface area contributed by atoms with Crippen molar-refractivity contribution in [3.8, 4) is 0 Å². The van der Waals surface area contributed by atoms with Crippen molar-refractivity contribution in [2.45, 2.75) is 6.04 Å². The van der Waals surface area contributed by atoms with Gasteiger partial charge in [-0.15, -0.1) is 6.58 Å². The Bertz CT molecular complexity index is 112. The number of carbonyl (C=O) groups excluding carboxylic acids is 1. The molecule has 1 atom stereocenters. The quantitative estimate of drug-likeness (QED) is 0.503. The minimum Gasteiger partial charge on any atom is -0.358 e. The van der Waals surface area contributed by atoms with Crippen LogP contribution in [0.25, 0.3) is 0 Å². The highest BCUT2D eigenvalue weighted by atomic mass is 16.2. The van der Waals surface area contributed by atoms with Crippen molar-refractivity contribution >= 4 is 5.91 Å². The second kappa shape index (κ2) is 4.09. The molecular weight excluding hydrogens is 116 g/mol. The van der Waals surface area contributed by atoms with Crippen molar-refractivity contribution < 1.29 is 4.79 Å². The fourth-order valence-electron chi connectivity index (χ4n) is 0.511. The van der Waals surface area contributed by atoms with E-state index >= 15 is 0 Å². The summed E-state index contributed by atoms with van der Waals surface area (Å²) in [7, 11) is 3.30. The number of hydrogen-bond acceptors (Lipinski definition) is 2. The van der Waals surface area contributed by atoms with Crippen LogP contribution in [0.5, 0.6) is 0 Å². The molecule has 2 N–H and O–H groups in total. The standard InChI is InChI=1S/C6H12N2O/c1-4-5(7-2)6(9)8-3/h4-5,7H,1H2,2-3H3,(H,8,9)/t5-/m0/s1. The maximum absolute atomic E-state index is 10.7. The summed E-state index contributed by atoms with van der Waals surface area (Å²) in [6.45, 7) is 3.48. The molecule has 0 aliphatic carbocycles. The second-order valence-corrected chi connectivity index (χ2v) is 1.62. The van der Waals surface area contributed by atoms with E-state index in [1.54, 1.807) is 20.2 Å². The van der Waals surface area contributed by atoms with Gasteiger partial charge in [-0.1, -0.05) is 6.08 Å². The van der Waals surface area contributed by atoms with Crippen molar-refractivity contribution in [1.82, 2.24) is 10.6 Å². The Morgan fingerprint density at radius 2 is 2.22 bits per heavy atom. The third-order valence-corrected chi connectivity index (χ3v) is 1.08. The average Bonchev–Trinajstić information content (AvgIpc) is 1.90. The van der Waals surface area contributed by atoms with E-state index in [0.717, 1.165) is 0 Å². The average molecular weight is 128 g/mol. The van der Waals surface area contributed by atoms with Gasteiger partial charge in [0.25, 0.3) is 0 Å². The van der Waals surface area contributed by atoms with Crippen LogP contribution in [-0.2, 0) is 4.79 Å². The van der Waals surface area contributed by atoms with Gasteiger partial charge in [-0.05, 0) is 7.05 Å². The summed E-state index contributed by atoms with van der Waals surface area (Å²) in [4.78, 5) is 10.7. The summed E-state index contributed by atoms with van der Waals surface area (Å²) in [5.74, 6) is -0.0625. The molecule has 52 valence electrons. The largest absolute Gasteiger partial charge is 0.358 e. The van der Waals surface area contributed by atoms with Crippen molar-refractivity contribution in [2.75, 3.05) is 14.1 Å². The predicted octanol–water partition coefficient (Wildman–Crippen LogP) is -0.494. The molecule has 0 heterocycles. The van der Waals surface area contributed by atoms with E-state index in [4.69, 9.17) is 0 Å². The molecule has 0 radical (unpaired) electrons. The fraction of sp³-hybridized carbons (Fsp3) is 0.500. The topological polar surface area (TPSA) is 41.1 Å². The van der Waals surface area contributed by atoms with Crippen molar-refractivity contribution in [3.05, 3.63) is 12.7 Å². The molecule has 0 aromatic rings. The molecule has 0 saturated heterocycles. The number of hydrogen-bond donors (Lipinski definition) is 2. The molecule has 3 heteroatoms. The summed E-state index contributed by atoms with van der Waals surface area (Å²) >= 11 is 0. The molecule has 0 aromatic heterocycles. The molecule has 3 nitrogen and oxygen atoms in total. The van der Waals surface area contributed by atoms with Crippen LogP contribution in [-0.4, -0.2) is 26.0 Å². The zero-order chi connectivity index (χ0) is 7.28. The fourth-order valence-corrected chi connectivity index (χ4v) is 0.511. The van der Waals surface area contributed by atoms with Crippen LogP contribution in [0.15, 0.2) is 12.7 Å². The molecule has 0 spiro atoms. The zero-order valence-electron chi connectivity index (χ0n) is 5.77. The molecule has 0 fully saturated rings. The molecule has 0 rings (SSSR count). The summed E-state index contributed by atoms with van der Waals surface area (Å²) in [5, 5.41) is 5.27. The van der Waals surface area contributed by atoms with Crippen LogP contribution < -0.4 is 10.6 Å². The minimum atomic E-state index is -0.269. The number of carbonyl (C=O) groups is 1. The Morgan fingerprint density at radius 3 is 2.33 bits per heavy atom. The Labute approximate surface area is 55.1 Å². The van der Waals surface area contributed by atoms with Gasteiger partial charge in [-0.3, -0.25) is 4.79 Å². The third-order valence-electron chi connectivity index (χ3n) is 1.08. The molecule has 0 unspecified atom stereocenters. The van der Waals surface area contributed by atoms with Crippen LogP contribution in [0.3, 0.4) is 0 Å². The monoisotopic (exact) mass is 128 g/mol. The molecular formula is C6H12N2O. The Morgan fingerprint density at radius 1 is 1.67 bits per heavy atom. The molecule has 0 aromatic carbocycles. The van der Waals surface area contributed by atoms with E-state index in [0.29, 0.717) is 0 Å². The first-order chi connectivity index (χ1) is 4.26. The third kappa shape index (κ3) is 2.28. The van der Waals surface area contributed by atoms with Gasteiger partial charge < -0.3 is 10.6 Å². The van der Waals surface area contributed by atoms with Gasteiger partial charge in [0.15, 0.2) is 0 Å². The lowest BCUT2D eigenvalue weighted by molar-refractivity contribution is -0.121. The summed E-state index contributed by atoms with van der Waals surface area (Å²) < 4.78 is 0. The van der Waals surface area contributed by atoms with E-state index in [-0.39, 0.29) is 11.9 Å². The number of likely N-dealkylation sites (N-methyl/N-ethyl adjacent to an activating group) is 2. The molecule has 0 saturated carbocycles. The van der Waals surface area contributed by atoms with E-state index in [2.05, 4.69) is 17.2 Å². The SMILES string of the molecule is C=C[C@H](NC)C(=O)NC. The number of amides is 1. The smallest absolute Gasteiger partial charge is 0.240 e. The number of rotatable bonds is 3. The predicted molar refractivity (Wildman–Crippen MR) is 37.1 cm³/mol. The minimum absolute atomic E-state index is 0.0625. The van der Waals surface area contributed by atoms with E-state index in [1.807, 2.05) is 0 Å². The van der Waals surface area contributed by atoms with Gasteiger partial charge in [-0.2, -0.15) is 0 Å². The molecule has 0 aliphatic rings. The lowest BCUT2D eigenvalue weighted by Gasteiger charge is -2.07. The summed E-state index contributed by atoms with van der Waals surface area (Å²) in [5.41, 5.74) is 0.